The SMILES string of the molecule is CNC(C1CCCCCC1)C1CCCCS1. The quantitative estimate of drug-likeness (QED) is 0.754. The number of rotatable bonds is 3. The molecule has 2 heteroatoms. The van der Waals surface area contributed by atoms with Gasteiger partial charge < -0.3 is 5.32 Å². The number of thioether (sulfide) groups is 1. The Bertz CT molecular complexity index is 181. The van der Waals surface area contributed by atoms with Gasteiger partial charge in [0.25, 0.3) is 0 Å². The van der Waals surface area contributed by atoms with Crippen molar-refractivity contribution in [1.82, 2.24) is 5.32 Å². The maximum atomic E-state index is 3.65. The Morgan fingerprint density at radius 2 is 1.62 bits per heavy atom. The first-order valence-corrected chi connectivity index (χ1v) is 8.25. The third kappa shape index (κ3) is 3.40. The van der Waals surface area contributed by atoms with Crippen molar-refractivity contribution in [2.24, 2.45) is 5.92 Å². The summed E-state index contributed by atoms with van der Waals surface area (Å²) in [5.74, 6) is 2.36. The van der Waals surface area contributed by atoms with Gasteiger partial charge >= 0.3 is 0 Å². The fraction of sp³-hybridized carbons (Fsp3) is 1.00. The molecule has 2 atom stereocenters. The summed E-state index contributed by atoms with van der Waals surface area (Å²) in [4.78, 5) is 0. The number of nitrogens with one attached hydrogen (secondary N) is 1. The molecule has 1 aliphatic heterocycles. The number of hydrogen-bond acceptors (Lipinski definition) is 2. The van der Waals surface area contributed by atoms with Gasteiger partial charge in [0.2, 0.25) is 0 Å². The molecule has 0 aromatic rings. The predicted molar refractivity (Wildman–Crippen MR) is 74.1 cm³/mol. The Balaban J connectivity index is 1.90. The van der Waals surface area contributed by atoms with Crippen molar-refractivity contribution >= 4 is 11.8 Å². The van der Waals surface area contributed by atoms with Gasteiger partial charge in [0.1, 0.15) is 0 Å². The maximum Gasteiger partial charge on any atom is 0.0211 e. The van der Waals surface area contributed by atoms with Gasteiger partial charge in [-0.2, -0.15) is 11.8 Å². The molecule has 0 aromatic carbocycles. The molecule has 0 spiro atoms. The van der Waals surface area contributed by atoms with E-state index < -0.39 is 0 Å². The van der Waals surface area contributed by atoms with Crippen LogP contribution in [-0.2, 0) is 0 Å². The van der Waals surface area contributed by atoms with Crippen molar-refractivity contribution in [3.05, 3.63) is 0 Å². The highest BCUT2D eigenvalue weighted by atomic mass is 32.2. The van der Waals surface area contributed by atoms with Gasteiger partial charge in [-0.15, -0.1) is 0 Å². The van der Waals surface area contributed by atoms with Crippen molar-refractivity contribution in [2.45, 2.75) is 69.1 Å². The molecule has 0 aromatic heterocycles. The van der Waals surface area contributed by atoms with Crippen molar-refractivity contribution in [2.75, 3.05) is 12.8 Å². The van der Waals surface area contributed by atoms with Crippen LogP contribution >= 0.6 is 11.8 Å². The zero-order valence-corrected chi connectivity index (χ0v) is 11.5. The summed E-state index contributed by atoms with van der Waals surface area (Å²) < 4.78 is 0. The number of hydrogen-bond donors (Lipinski definition) is 1. The maximum absolute atomic E-state index is 3.65. The van der Waals surface area contributed by atoms with E-state index in [1.54, 1.807) is 0 Å². The molecule has 1 aliphatic carbocycles. The molecule has 1 saturated carbocycles. The van der Waals surface area contributed by atoms with Gasteiger partial charge in [-0.1, -0.05) is 32.1 Å². The average molecular weight is 241 g/mol. The van der Waals surface area contributed by atoms with Crippen LogP contribution in [-0.4, -0.2) is 24.1 Å². The second kappa shape index (κ2) is 6.90. The Morgan fingerprint density at radius 1 is 0.938 bits per heavy atom. The molecule has 2 unspecified atom stereocenters. The van der Waals surface area contributed by atoms with Crippen LogP contribution in [0, 0.1) is 5.92 Å². The highest BCUT2D eigenvalue weighted by Crippen LogP contribution is 2.35. The first-order chi connectivity index (χ1) is 7.92. The van der Waals surface area contributed by atoms with Crippen molar-refractivity contribution in [3.8, 4) is 0 Å². The molecular weight excluding hydrogens is 214 g/mol. The van der Waals surface area contributed by atoms with Crippen molar-refractivity contribution in [1.29, 1.82) is 0 Å². The van der Waals surface area contributed by atoms with Crippen LogP contribution in [0.2, 0.25) is 0 Å². The summed E-state index contributed by atoms with van der Waals surface area (Å²) in [5, 5.41) is 4.55. The van der Waals surface area contributed by atoms with Crippen LogP contribution in [0.25, 0.3) is 0 Å². The summed E-state index contributed by atoms with van der Waals surface area (Å²) in [5.41, 5.74) is 0. The van der Waals surface area contributed by atoms with Crippen LogP contribution in [0.1, 0.15) is 57.8 Å². The third-order valence-corrected chi connectivity index (χ3v) is 5.84. The van der Waals surface area contributed by atoms with E-state index >= 15 is 0 Å². The zero-order valence-electron chi connectivity index (χ0n) is 10.7. The topological polar surface area (TPSA) is 12.0 Å². The van der Waals surface area contributed by atoms with E-state index in [4.69, 9.17) is 0 Å². The second-order valence-electron chi connectivity index (χ2n) is 5.47. The second-order valence-corrected chi connectivity index (χ2v) is 6.82. The molecule has 0 radical (unpaired) electrons. The van der Waals surface area contributed by atoms with Crippen LogP contribution in [0.4, 0.5) is 0 Å². The highest BCUT2D eigenvalue weighted by molar-refractivity contribution is 8.00. The predicted octanol–water partition coefficient (Wildman–Crippen LogP) is 3.83. The van der Waals surface area contributed by atoms with Crippen LogP contribution in [0.3, 0.4) is 0 Å². The lowest BCUT2D eigenvalue weighted by Crippen LogP contribution is -2.43. The molecule has 1 N–H and O–H groups in total. The molecule has 2 rings (SSSR count). The molecular formula is C14H27NS. The van der Waals surface area contributed by atoms with Gasteiger partial charge in [0, 0.05) is 11.3 Å². The van der Waals surface area contributed by atoms with E-state index in [0.29, 0.717) is 0 Å². The lowest BCUT2D eigenvalue weighted by Gasteiger charge is -2.35. The van der Waals surface area contributed by atoms with Crippen molar-refractivity contribution in [3.63, 3.8) is 0 Å². The van der Waals surface area contributed by atoms with Gasteiger partial charge in [-0.3, -0.25) is 0 Å². The van der Waals surface area contributed by atoms with Crippen LogP contribution in [0.15, 0.2) is 0 Å². The minimum atomic E-state index is 0.795. The van der Waals surface area contributed by atoms with E-state index in [1.165, 1.54) is 63.5 Å². The Hall–Kier alpha value is 0.310. The molecule has 1 saturated heterocycles. The van der Waals surface area contributed by atoms with Gasteiger partial charge in [-0.25, -0.2) is 0 Å². The first-order valence-electron chi connectivity index (χ1n) is 7.20. The summed E-state index contributed by atoms with van der Waals surface area (Å²) in [6.45, 7) is 0. The van der Waals surface area contributed by atoms with E-state index in [9.17, 15) is 0 Å². The molecule has 16 heavy (non-hydrogen) atoms. The molecule has 94 valence electrons. The highest BCUT2D eigenvalue weighted by Gasteiger charge is 2.29. The van der Waals surface area contributed by atoms with Gasteiger partial charge in [0.05, 0.1) is 0 Å². The lowest BCUT2D eigenvalue weighted by molar-refractivity contribution is 0.317. The minimum Gasteiger partial charge on any atom is -0.316 e. The first kappa shape index (κ1) is 12.8. The van der Waals surface area contributed by atoms with E-state index in [0.717, 1.165) is 17.2 Å². The normalized spacial score (nSPS) is 30.9. The van der Waals surface area contributed by atoms with Gasteiger partial charge in [0.15, 0.2) is 0 Å². The summed E-state index contributed by atoms with van der Waals surface area (Å²) in [7, 11) is 2.19. The van der Waals surface area contributed by atoms with Crippen LogP contribution < -0.4 is 5.32 Å². The molecule has 1 heterocycles. The summed E-state index contributed by atoms with van der Waals surface area (Å²) in [6.07, 6.45) is 13.2. The lowest BCUT2D eigenvalue weighted by atomic mass is 9.88. The average Bonchev–Trinajstić information content (AvgIpc) is 2.61. The Kier molecular flexibility index (Phi) is 5.51. The molecule has 0 bridgehead atoms. The van der Waals surface area contributed by atoms with Crippen LogP contribution in [0.5, 0.6) is 0 Å². The third-order valence-electron chi connectivity index (χ3n) is 4.36. The zero-order chi connectivity index (χ0) is 11.2. The molecule has 0 amide bonds. The monoisotopic (exact) mass is 241 g/mol. The smallest absolute Gasteiger partial charge is 0.0211 e. The minimum absolute atomic E-state index is 0.795. The molecule has 2 fully saturated rings. The molecule has 1 nitrogen and oxygen atoms in total. The Labute approximate surface area is 105 Å². The summed E-state index contributed by atoms with van der Waals surface area (Å²) >= 11 is 2.23. The van der Waals surface area contributed by atoms with E-state index in [-0.39, 0.29) is 0 Å². The van der Waals surface area contributed by atoms with Crippen molar-refractivity contribution < 1.29 is 0 Å². The van der Waals surface area contributed by atoms with E-state index in [1.807, 2.05) is 0 Å². The Morgan fingerprint density at radius 3 is 2.19 bits per heavy atom. The molecule has 2 aliphatic rings. The van der Waals surface area contributed by atoms with Gasteiger partial charge in [-0.05, 0) is 44.4 Å². The fourth-order valence-corrected chi connectivity index (χ4v) is 5.02. The fourth-order valence-electron chi connectivity index (χ4n) is 3.44. The largest absolute Gasteiger partial charge is 0.316 e. The van der Waals surface area contributed by atoms with E-state index in [2.05, 4.69) is 24.1 Å². The standard InChI is InChI=1S/C14H27NS/c1-15-14(13-10-6-7-11-16-13)12-8-4-2-3-5-9-12/h12-15H,2-11H2,1H3. The summed E-state index contributed by atoms with van der Waals surface area (Å²) in [6, 6.07) is 0.795.